The number of anilines is 1. The standard InChI is InChI=1S/C27H29F3N4O7S/c1-17(19-7-9-20(10-8-19)26(36)39-2)31-24(35)22-23(27(28,29)30)32-34-12-11-33(25(22)34)16-18-5-4-6-21(15-18)40-13-14-41-42(3,37)38/h4-10,15,17H,11-14,16H2,1-3H3,(H,31,35). The zero-order chi connectivity index (χ0) is 30.7. The quantitative estimate of drug-likeness (QED) is 0.197. The lowest BCUT2D eigenvalue weighted by Gasteiger charge is -2.21. The number of nitrogens with one attached hydrogen (secondary N) is 1. The van der Waals surface area contributed by atoms with Crippen LogP contribution in [-0.2, 0) is 38.3 Å². The summed E-state index contributed by atoms with van der Waals surface area (Å²) in [6.45, 7) is 2.03. The molecule has 0 spiro atoms. The van der Waals surface area contributed by atoms with Gasteiger partial charge in [0.25, 0.3) is 16.0 Å². The molecule has 11 nitrogen and oxygen atoms in total. The first-order valence-corrected chi connectivity index (χ1v) is 14.6. The molecule has 42 heavy (non-hydrogen) atoms. The Bertz CT molecular complexity index is 1560. The van der Waals surface area contributed by atoms with E-state index in [1.54, 1.807) is 48.2 Å². The van der Waals surface area contributed by atoms with Crippen molar-refractivity contribution < 1.29 is 44.8 Å². The van der Waals surface area contributed by atoms with E-state index >= 15 is 0 Å². The Morgan fingerprint density at radius 2 is 1.81 bits per heavy atom. The summed E-state index contributed by atoms with van der Waals surface area (Å²) in [6.07, 6.45) is -3.94. The predicted molar refractivity (Wildman–Crippen MR) is 145 cm³/mol. The van der Waals surface area contributed by atoms with E-state index in [0.717, 1.165) is 6.26 Å². The number of amides is 1. The lowest BCUT2D eigenvalue weighted by atomic mass is 10.1. The second-order valence-electron chi connectivity index (χ2n) is 9.52. The van der Waals surface area contributed by atoms with Gasteiger partial charge in [0.15, 0.2) is 5.69 Å². The second-order valence-corrected chi connectivity index (χ2v) is 11.2. The molecule has 1 atom stereocenters. The van der Waals surface area contributed by atoms with Gasteiger partial charge in [0.1, 0.15) is 30.3 Å². The molecule has 0 saturated carbocycles. The van der Waals surface area contributed by atoms with Crippen molar-refractivity contribution in [1.82, 2.24) is 15.1 Å². The molecule has 0 saturated heterocycles. The van der Waals surface area contributed by atoms with Crippen molar-refractivity contribution in [2.45, 2.75) is 32.2 Å². The van der Waals surface area contributed by atoms with Crippen LogP contribution in [0.3, 0.4) is 0 Å². The van der Waals surface area contributed by atoms with Crippen molar-refractivity contribution in [3.63, 3.8) is 0 Å². The lowest BCUT2D eigenvalue weighted by Crippen LogP contribution is -2.31. The van der Waals surface area contributed by atoms with Crippen molar-refractivity contribution >= 4 is 27.8 Å². The monoisotopic (exact) mass is 610 g/mol. The maximum absolute atomic E-state index is 14.0. The number of carbonyl (C=O) groups is 2. The Labute approximate surface area is 240 Å². The average molecular weight is 611 g/mol. The van der Waals surface area contributed by atoms with E-state index in [0.29, 0.717) is 29.0 Å². The zero-order valence-corrected chi connectivity index (χ0v) is 23.8. The Morgan fingerprint density at radius 3 is 2.45 bits per heavy atom. The number of benzene rings is 2. The van der Waals surface area contributed by atoms with E-state index in [4.69, 9.17) is 4.74 Å². The molecule has 1 aliphatic rings. The van der Waals surface area contributed by atoms with Gasteiger partial charge in [-0.15, -0.1) is 0 Å². The van der Waals surface area contributed by atoms with Crippen LogP contribution in [0.2, 0.25) is 0 Å². The summed E-state index contributed by atoms with van der Waals surface area (Å²) in [5.41, 5.74) is -0.311. The molecule has 2 aromatic carbocycles. The molecule has 3 aromatic rings. The van der Waals surface area contributed by atoms with Gasteiger partial charge in [-0.25, -0.2) is 9.48 Å². The predicted octanol–water partition coefficient (Wildman–Crippen LogP) is 3.55. The maximum Gasteiger partial charge on any atom is 0.436 e. The van der Waals surface area contributed by atoms with E-state index in [2.05, 4.69) is 19.3 Å². The third-order valence-electron chi connectivity index (χ3n) is 6.40. The van der Waals surface area contributed by atoms with Crippen LogP contribution in [0.1, 0.15) is 50.5 Å². The molecule has 1 aliphatic heterocycles. The molecular weight excluding hydrogens is 581 g/mol. The number of hydrogen-bond acceptors (Lipinski definition) is 9. The van der Waals surface area contributed by atoms with Crippen molar-refractivity contribution in [3.8, 4) is 5.75 Å². The van der Waals surface area contributed by atoms with E-state index in [1.807, 2.05) is 0 Å². The number of rotatable bonds is 11. The number of halogens is 3. The topological polar surface area (TPSA) is 129 Å². The van der Waals surface area contributed by atoms with E-state index < -0.39 is 45.5 Å². The van der Waals surface area contributed by atoms with Crippen LogP contribution in [0, 0.1) is 0 Å². The van der Waals surface area contributed by atoms with Crippen LogP contribution in [0.5, 0.6) is 5.75 Å². The summed E-state index contributed by atoms with van der Waals surface area (Å²) in [5, 5.41) is 6.36. The summed E-state index contributed by atoms with van der Waals surface area (Å²) < 4.78 is 80.3. The number of methoxy groups -OCH3 is 1. The van der Waals surface area contributed by atoms with Crippen molar-refractivity contribution in [2.75, 3.05) is 38.0 Å². The van der Waals surface area contributed by atoms with Gasteiger partial charge in [0.05, 0.1) is 31.5 Å². The smallest absolute Gasteiger partial charge is 0.436 e. The number of alkyl halides is 3. The van der Waals surface area contributed by atoms with Gasteiger partial charge in [-0.3, -0.25) is 8.98 Å². The van der Waals surface area contributed by atoms with Crippen LogP contribution >= 0.6 is 0 Å². The van der Waals surface area contributed by atoms with Gasteiger partial charge < -0.3 is 19.7 Å². The Hall–Kier alpha value is -4.11. The molecule has 2 heterocycles. The molecular formula is C27H29F3N4O7S. The van der Waals surface area contributed by atoms with E-state index in [1.165, 1.54) is 23.9 Å². The molecule has 1 N–H and O–H groups in total. The first-order valence-electron chi connectivity index (χ1n) is 12.7. The summed E-state index contributed by atoms with van der Waals surface area (Å²) in [7, 11) is -2.36. The molecule has 15 heteroatoms. The fourth-order valence-corrected chi connectivity index (χ4v) is 4.86. The van der Waals surface area contributed by atoms with Gasteiger partial charge >= 0.3 is 12.1 Å². The molecule has 1 aromatic heterocycles. The van der Waals surface area contributed by atoms with Crippen LogP contribution < -0.4 is 15.0 Å². The van der Waals surface area contributed by atoms with E-state index in [-0.39, 0.29) is 32.1 Å². The van der Waals surface area contributed by atoms with Crippen molar-refractivity contribution in [1.29, 1.82) is 0 Å². The molecule has 226 valence electrons. The third-order valence-corrected chi connectivity index (χ3v) is 7.00. The SMILES string of the molecule is COC(=O)c1ccc(C(C)NC(=O)c2c(C(F)(F)F)nn3c2N(Cc2cccc(OCCOS(C)(=O)=O)c2)CC3)cc1. The molecule has 1 amide bonds. The number of aromatic nitrogens is 2. The first-order chi connectivity index (χ1) is 19.8. The minimum Gasteiger partial charge on any atom is -0.491 e. The fourth-order valence-electron chi connectivity index (χ4n) is 4.49. The van der Waals surface area contributed by atoms with Gasteiger partial charge in [-0.05, 0) is 42.3 Å². The number of ether oxygens (including phenoxy) is 2. The Balaban J connectivity index is 1.54. The summed E-state index contributed by atoms with van der Waals surface area (Å²) >= 11 is 0. The highest BCUT2D eigenvalue weighted by Gasteiger charge is 2.44. The fraction of sp³-hybridized carbons (Fsp3) is 0.370. The summed E-state index contributed by atoms with van der Waals surface area (Å²) in [4.78, 5) is 26.7. The Kier molecular flexibility index (Phi) is 9.11. The van der Waals surface area contributed by atoms with Gasteiger partial charge in [-0.1, -0.05) is 24.3 Å². The van der Waals surface area contributed by atoms with Crippen LogP contribution in [0.25, 0.3) is 0 Å². The number of esters is 1. The number of nitrogens with zero attached hydrogens (tertiary/aromatic N) is 3. The zero-order valence-electron chi connectivity index (χ0n) is 23.0. The number of hydrogen-bond donors (Lipinski definition) is 1. The molecule has 0 radical (unpaired) electrons. The molecule has 0 bridgehead atoms. The molecule has 0 aliphatic carbocycles. The first kappa shape index (κ1) is 30.8. The van der Waals surface area contributed by atoms with Crippen molar-refractivity contribution in [2.24, 2.45) is 0 Å². The minimum absolute atomic E-state index is 0.0319. The van der Waals surface area contributed by atoms with Gasteiger partial charge in [0, 0.05) is 13.1 Å². The average Bonchev–Trinajstić information content (AvgIpc) is 3.51. The largest absolute Gasteiger partial charge is 0.491 e. The van der Waals surface area contributed by atoms with Crippen molar-refractivity contribution in [3.05, 3.63) is 76.5 Å². The lowest BCUT2D eigenvalue weighted by molar-refractivity contribution is -0.141. The van der Waals surface area contributed by atoms with Gasteiger partial charge in [0.2, 0.25) is 0 Å². The highest BCUT2D eigenvalue weighted by Crippen LogP contribution is 2.39. The van der Waals surface area contributed by atoms with E-state index in [9.17, 15) is 31.2 Å². The number of carbonyl (C=O) groups excluding carboxylic acids is 2. The normalized spacial score (nSPS) is 13.9. The number of fused-ring (bicyclic) bond motifs is 1. The van der Waals surface area contributed by atoms with Crippen LogP contribution in [-0.4, -0.2) is 63.2 Å². The third kappa shape index (κ3) is 7.39. The highest BCUT2D eigenvalue weighted by atomic mass is 32.2. The molecule has 4 rings (SSSR count). The second kappa shape index (κ2) is 12.4. The highest BCUT2D eigenvalue weighted by molar-refractivity contribution is 7.85. The molecule has 1 unspecified atom stereocenters. The minimum atomic E-state index is -4.87. The Morgan fingerprint density at radius 1 is 1.10 bits per heavy atom. The van der Waals surface area contributed by atoms with Crippen LogP contribution in [0.4, 0.5) is 19.0 Å². The summed E-state index contributed by atoms with van der Waals surface area (Å²) in [6, 6.07) is 12.2. The molecule has 0 fully saturated rings. The summed E-state index contributed by atoms with van der Waals surface area (Å²) in [5.74, 6) is -1.02. The van der Waals surface area contributed by atoms with Gasteiger partial charge in [-0.2, -0.15) is 26.7 Å². The van der Waals surface area contributed by atoms with Crippen LogP contribution in [0.15, 0.2) is 48.5 Å². The maximum atomic E-state index is 14.0.